The molecule has 0 aliphatic carbocycles. The Hall–Kier alpha value is -0.840. The second kappa shape index (κ2) is 5.21. The van der Waals surface area contributed by atoms with Crippen LogP contribution in [0.3, 0.4) is 0 Å². The van der Waals surface area contributed by atoms with Gasteiger partial charge in [0.1, 0.15) is 5.82 Å². The van der Waals surface area contributed by atoms with Crippen LogP contribution < -0.4 is 10.6 Å². The molecular formula is C12H19BrN4. The van der Waals surface area contributed by atoms with Gasteiger partial charge >= 0.3 is 0 Å². The lowest BCUT2D eigenvalue weighted by atomic mass is 10.1. The Morgan fingerprint density at radius 2 is 1.94 bits per heavy atom. The predicted octanol–water partition coefficient (Wildman–Crippen LogP) is 2.62. The third kappa shape index (κ3) is 2.89. The first-order valence-electron chi connectivity index (χ1n) is 6.14. The van der Waals surface area contributed by atoms with E-state index in [9.17, 15) is 0 Å². The van der Waals surface area contributed by atoms with Crippen LogP contribution >= 0.6 is 15.9 Å². The third-order valence-electron chi connectivity index (χ3n) is 2.92. The molecule has 1 fully saturated rings. The van der Waals surface area contributed by atoms with Crippen LogP contribution in [0.2, 0.25) is 0 Å². The van der Waals surface area contributed by atoms with E-state index in [1.165, 1.54) is 12.8 Å². The number of hydrogen-bond donors (Lipinski definition) is 1. The summed E-state index contributed by atoms with van der Waals surface area (Å²) in [6.45, 7) is 6.45. The Morgan fingerprint density at radius 1 is 1.29 bits per heavy atom. The van der Waals surface area contributed by atoms with E-state index < -0.39 is 0 Å². The smallest absolute Gasteiger partial charge is 0.227 e. The van der Waals surface area contributed by atoms with Crippen LogP contribution in [0.4, 0.5) is 11.8 Å². The highest BCUT2D eigenvalue weighted by Crippen LogP contribution is 2.27. The SMILES string of the molecule is CC(C)Cc1nc(N2CCCC2)nc(N)c1Br. The number of hydrogen-bond acceptors (Lipinski definition) is 4. The number of nitrogens with zero attached hydrogens (tertiary/aromatic N) is 3. The van der Waals surface area contributed by atoms with E-state index in [1.54, 1.807) is 0 Å². The normalized spacial score (nSPS) is 15.9. The first-order valence-corrected chi connectivity index (χ1v) is 6.94. The van der Waals surface area contributed by atoms with E-state index in [4.69, 9.17) is 5.73 Å². The van der Waals surface area contributed by atoms with Crippen LogP contribution in [0.5, 0.6) is 0 Å². The molecule has 0 bridgehead atoms. The van der Waals surface area contributed by atoms with Crippen molar-refractivity contribution in [3.63, 3.8) is 0 Å². The number of anilines is 2. The zero-order valence-electron chi connectivity index (χ0n) is 10.4. The van der Waals surface area contributed by atoms with E-state index in [1.807, 2.05) is 0 Å². The molecular weight excluding hydrogens is 280 g/mol. The number of rotatable bonds is 3. The maximum atomic E-state index is 5.94. The van der Waals surface area contributed by atoms with Gasteiger partial charge in [-0.05, 0) is 41.1 Å². The van der Waals surface area contributed by atoms with Crippen molar-refractivity contribution in [3.05, 3.63) is 10.2 Å². The molecule has 1 aromatic heterocycles. The Bertz CT molecular complexity index is 400. The van der Waals surface area contributed by atoms with Crippen molar-refractivity contribution in [2.75, 3.05) is 23.7 Å². The molecule has 94 valence electrons. The van der Waals surface area contributed by atoms with Gasteiger partial charge in [0.05, 0.1) is 10.2 Å². The van der Waals surface area contributed by atoms with Crippen molar-refractivity contribution < 1.29 is 0 Å². The standard InChI is InChI=1S/C12H19BrN4/c1-8(2)7-9-10(13)11(14)16-12(15-9)17-5-3-4-6-17/h8H,3-7H2,1-2H3,(H2,14,15,16). The van der Waals surface area contributed by atoms with Crippen molar-refractivity contribution in [3.8, 4) is 0 Å². The van der Waals surface area contributed by atoms with Gasteiger partial charge in [-0.1, -0.05) is 13.8 Å². The van der Waals surface area contributed by atoms with Crippen LogP contribution in [0.1, 0.15) is 32.4 Å². The maximum Gasteiger partial charge on any atom is 0.227 e. The minimum Gasteiger partial charge on any atom is -0.383 e. The second-order valence-corrected chi connectivity index (χ2v) is 5.75. The highest BCUT2D eigenvalue weighted by Gasteiger charge is 2.18. The molecule has 1 aliphatic rings. The minimum absolute atomic E-state index is 0.553. The molecule has 2 heterocycles. The molecule has 0 saturated carbocycles. The highest BCUT2D eigenvalue weighted by molar-refractivity contribution is 9.10. The van der Waals surface area contributed by atoms with Gasteiger partial charge in [0.2, 0.25) is 5.95 Å². The van der Waals surface area contributed by atoms with Gasteiger partial charge in [-0.25, -0.2) is 4.98 Å². The fourth-order valence-electron chi connectivity index (χ4n) is 2.08. The minimum atomic E-state index is 0.553. The lowest BCUT2D eigenvalue weighted by Crippen LogP contribution is -2.22. The number of halogens is 1. The molecule has 0 radical (unpaired) electrons. The quantitative estimate of drug-likeness (QED) is 0.932. The molecule has 2 rings (SSSR count). The van der Waals surface area contributed by atoms with Crippen molar-refractivity contribution in [2.24, 2.45) is 5.92 Å². The fourth-order valence-corrected chi connectivity index (χ4v) is 2.42. The number of nitrogen functional groups attached to an aromatic ring is 1. The molecule has 1 aromatic rings. The first-order chi connectivity index (χ1) is 8.08. The van der Waals surface area contributed by atoms with E-state index in [0.717, 1.165) is 35.6 Å². The Balaban J connectivity index is 2.31. The molecule has 1 saturated heterocycles. The topological polar surface area (TPSA) is 55.0 Å². The Morgan fingerprint density at radius 3 is 2.53 bits per heavy atom. The molecule has 5 heteroatoms. The average molecular weight is 299 g/mol. The monoisotopic (exact) mass is 298 g/mol. The zero-order chi connectivity index (χ0) is 12.4. The average Bonchev–Trinajstić information content (AvgIpc) is 2.77. The summed E-state index contributed by atoms with van der Waals surface area (Å²) in [5.74, 6) is 1.91. The van der Waals surface area contributed by atoms with Crippen molar-refractivity contribution in [1.82, 2.24) is 9.97 Å². The summed E-state index contributed by atoms with van der Waals surface area (Å²) in [6, 6.07) is 0. The van der Waals surface area contributed by atoms with Gasteiger partial charge in [-0.3, -0.25) is 0 Å². The molecule has 1 aliphatic heterocycles. The maximum absolute atomic E-state index is 5.94. The van der Waals surface area contributed by atoms with Crippen molar-refractivity contribution in [2.45, 2.75) is 33.1 Å². The third-order valence-corrected chi connectivity index (χ3v) is 3.79. The van der Waals surface area contributed by atoms with E-state index in [2.05, 4.69) is 44.6 Å². The molecule has 0 unspecified atom stereocenters. The van der Waals surface area contributed by atoms with Crippen LogP contribution in [-0.2, 0) is 6.42 Å². The van der Waals surface area contributed by atoms with Gasteiger partial charge in [0.25, 0.3) is 0 Å². The zero-order valence-corrected chi connectivity index (χ0v) is 12.0. The van der Waals surface area contributed by atoms with Crippen molar-refractivity contribution in [1.29, 1.82) is 0 Å². The van der Waals surface area contributed by atoms with Gasteiger partial charge in [-0.2, -0.15) is 4.98 Å². The molecule has 0 aromatic carbocycles. The molecule has 0 amide bonds. The van der Waals surface area contributed by atoms with Gasteiger partial charge < -0.3 is 10.6 Å². The Kier molecular flexibility index (Phi) is 3.86. The summed E-state index contributed by atoms with van der Waals surface area (Å²) in [6.07, 6.45) is 3.37. The lowest BCUT2D eigenvalue weighted by Gasteiger charge is -2.18. The van der Waals surface area contributed by atoms with Crippen LogP contribution in [0.15, 0.2) is 4.47 Å². The van der Waals surface area contributed by atoms with Gasteiger partial charge in [0, 0.05) is 13.1 Å². The Labute approximate surface area is 111 Å². The van der Waals surface area contributed by atoms with Crippen LogP contribution in [0, 0.1) is 5.92 Å². The van der Waals surface area contributed by atoms with E-state index >= 15 is 0 Å². The number of aromatic nitrogens is 2. The summed E-state index contributed by atoms with van der Waals surface area (Å²) in [4.78, 5) is 11.2. The molecule has 4 nitrogen and oxygen atoms in total. The summed E-state index contributed by atoms with van der Waals surface area (Å²) in [5, 5.41) is 0. The number of nitrogens with two attached hydrogens (primary N) is 1. The summed E-state index contributed by atoms with van der Waals surface area (Å²) in [7, 11) is 0. The largest absolute Gasteiger partial charge is 0.383 e. The fraction of sp³-hybridized carbons (Fsp3) is 0.667. The van der Waals surface area contributed by atoms with Crippen molar-refractivity contribution >= 4 is 27.7 Å². The van der Waals surface area contributed by atoms with Gasteiger partial charge in [-0.15, -0.1) is 0 Å². The summed E-state index contributed by atoms with van der Waals surface area (Å²) >= 11 is 3.48. The van der Waals surface area contributed by atoms with Gasteiger partial charge in [0.15, 0.2) is 0 Å². The lowest BCUT2D eigenvalue weighted by molar-refractivity contribution is 0.631. The first kappa shape index (κ1) is 12.6. The molecule has 2 N–H and O–H groups in total. The molecule has 17 heavy (non-hydrogen) atoms. The summed E-state index contributed by atoms with van der Waals surface area (Å²) < 4.78 is 0.856. The second-order valence-electron chi connectivity index (χ2n) is 4.96. The summed E-state index contributed by atoms with van der Waals surface area (Å²) in [5.41, 5.74) is 6.96. The highest BCUT2D eigenvalue weighted by atomic mass is 79.9. The molecule has 0 spiro atoms. The predicted molar refractivity (Wildman–Crippen MR) is 74.1 cm³/mol. The molecule has 0 atom stereocenters. The van der Waals surface area contributed by atoms with E-state index in [-0.39, 0.29) is 0 Å². The van der Waals surface area contributed by atoms with E-state index in [0.29, 0.717) is 11.7 Å². The van der Waals surface area contributed by atoms with Crippen LogP contribution in [-0.4, -0.2) is 23.1 Å². The van der Waals surface area contributed by atoms with Crippen LogP contribution in [0.25, 0.3) is 0 Å².